The predicted octanol–water partition coefficient (Wildman–Crippen LogP) is 1.47. The van der Waals surface area contributed by atoms with E-state index in [1.807, 2.05) is 0 Å². The predicted molar refractivity (Wildman–Crippen MR) is 77.7 cm³/mol. The fourth-order valence-electron chi connectivity index (χ4n) is 2.60. The van der Waals surface area contributed by atoms with Crippen molar-refractivity contribution in [3.8, 4) is 0 Å². The Labute approximate surface area is 115 Å². The van der Waals surface area contributed by atoms with Crippen LogP contribution < -0.4 is 11.3 Å². The van der Waals surface area contributed by atoms with Gasteiger partial charge in [0.05, 0.1) is 18.8 Å². The van der Waals surface area contributed by atoms with Gasteiger partial charge < -0.3 is 4.74 Å². The second-order valence-corrected chi connectivity index (χ2v) is 5.04. The highest BCUT2D eigenvalue weighted by Crippen LogP contribution is 2.22. The van der Waals surface area contributed by atoms with Crippen LogP contribution in [0.2, 0.25) is 0 Å². The number of ether oxygens (including phenoxy) is 1. The summed E-state index contributed by atoms with van der Waals surface area (Å²) in [4.78, 5) is 2.40. The number of hydrazine groups is 1. The van der Waals surface area contributed by atoms with Crippen molar-refractivity contribution in [2.24, 2.45) is 5.84 Å². The van der Waals surface area contributed by atoms with Gasteiger partial charge in [-0.25, -0.2) is 0 Å². The van der Waals surface area contributed by atoms with Crippen LogP contribution in [0.5, 0.6) is 0 Å². The number of aryl methyl sites for hydroxylation is 1. The first-order chi connectivity index (χ1) is 9.28. The molecular formula is C15H25N3O. The van der Waals surface area contributed by atoms with E-state index in [1.54, 1.807) is 0 Å². The molecule has 2 unspecified atom stereocenters. The minimum Gasteiger partial charge on any atom is -0.374 e. The maximum atomic E-state index is 5.89. The van der Waals surface area contributed by atoms with E-state index in [4.69, 9.17) is 10.6 Å². The first-order valence-corrected chi connectivity index (χ1v) is 7.17. The van der Waals surface area contributed by atoms with E-state index in [0.29, 0.717) is 0 Å². The molecule has 2 atom stereocenters. The molecule has 1 fully saturated rings. The number of nitrogens with two attached hydrogens (primary N) is 1. The molecule has 1 aliphatic heterocycles. The number of rotatable bonds is 5. The lowest BCUT2D eigenvalue weighted by Gasteiger charge is -2.36. The molecule has 0 spiro atoms. The van der Waals surface area contributed by atoms with Crippen LogP contribution in [0, 0.1) is 0 Å². The minimum absolute atomic E-state index is 0.0558. The average Bonchev–Trinajstić information content (AvgIpc) is 2.49. The van der Waals surface area contributed by atoms with Crippen LogP contribution in [0.15, 0.2) is 24.3 Å². The Bertz CT molecular complexity index is 379. The maximum absolute atomic E-state index is 5.89. The van der Waals surface area contributed by atoms with Crippen LogP contribution in [0.1, 0.15) is 31.0 Å². The number of hydrogen-bond donors (Lipinski definition) is 2. The molecule has 0 bridgehead atoms. The molecular weight excluding hydrogens is 238 g/mol. The summed E-state index contributed by atoms with van der Waals surface area (Å²) in [7, 11) is 0. The highest BCUT2D eigenvalue weighted by Gasteiger charge is 2.27. The Morgan fingerprint density at radius 1 is 1.37 bits per heavy atom. The molecule has 0 aromatic heterocycles. The number of likely N-dealkylation sites (N-methyl/N-ethyl adjacent to an activating group) is 1. The zero-order valence-corrected chi connectivity index (χ0v) is 11.9. The van der Waals surface area contributed by atoms with Gasteiger partial charge in [0, 0.05) is 13.1 Å². The summed E-state index contributed by atoms with van der Waals surface area (Å²) in [5.41, 5.74) is 5.46. The smallest absolute Gasteiger partial charge is 0.0909 e. The molecule has 1 saturated heterocycles. The van der Waals surface area contributed by atoms with E-state index < -0.39 is 0 Å². The molecule has 0 radical (unpaired) electrons. The van der Waals surface area contributed by atoms with E-state index in [0.717, 1.165) is 32.7 Å². The molecule has 4 nitrogen and oxygen atoms in total. The summed E-state index contributed by atoms with van der Waals surface area (Å²) in [5, 5.41) is 0. The fraction of sp³-hybridized carbons (Fsp3) is 0.600. The summed E-state index contributed by atoms with van der Waals surface area (Å²) in [6.45, 7) is 8.13. The molecule has 0 saturated carbocycles. The molecule has 4 heteroatoms. The van der Waals surface area contributed by atoms with Gasteiger partial charge in [-0.3, -0.25) is 16.2 Å². The summed E-state index contributed by atoms with van der Waals surface area (Å²) in [6, 6.07) is 8.69. The van der Waals surface area contributed by atoms with Crippen molar-refractivity contribution in [3.05, 3.63) is 35.4 Å². The lowest BCUT2D eigenvalue weighted by molar-refractivity contribution is -0.0456. The van der Waals surface area contributed by atoms with Crippen LogP contribution in [0.25, 0.3) is 0 Å². The largest absolute Gasteiger partial charge is 0.374 e. The van der Waals surface area contributed by atoms with E-state index in [9.17, 15) is 0 Å². The van der Waals surface area contributed by atoms with E-state index in [-0.39, 0.29) is 12.1 Å². The third-order valence-corrected chi connectivity index (χ3v) is 3.92. The third kappa shape index (κ3) is 3.54. The Balaban J connectivity index is 2.09. The van der Waals surface area contributed by atoms with Crippen LogP contribution in [0.3, 0.4) is 0 Å². The van der Waals surface area contributed by atoms with Gasteiger partial charge >= 0.3 is 0 Å². The van der Waals surface area contributed by atoms with E-state index in [2.05, 4.69) is 48.4 Å². The zero-order valence-electron chi connectivity index (χ0n) is 11.9. The van der Waals surface area contributed by atoms with Crippen molar-refractivity contribution in [3.63, 3.8) is 0 Å². The fourth-order valence-corrected chi connectivity index (χ4v) is 2.60. The Kier molecular flexibility index (Phi) is 5.34. The van der Waals surface area contributed by atoms with E-state index in [1.165, 1.54) is 11.1 Å². The average molecular weight is 263 g/mol. The Morgan fingerprint density at radius 2 is 2.11 bits per heavy atom. The van der Waals surface area contributed by atoms with Crippen LogP contribution in [-0.2, 0) is 11.2 Å². The molecule has 3 N–H and O–H groups in total. The second-order valence-electron chi connectivity index (χ2n) is 5.04. The van der Waals surface area contributed by atoms with Gasteiger partial charge in [0.1, 0.15) is 0 Å². The van der Waals surface area contributed by atoms with Gasteiger partial charge in [0.2, 0.25) is 0 Å². The number of nitrogens with zero attached hydrogens (tertiary/aromatic N) is 1. The highest BCUT2D eigenvalue weighted by molar-refractivity contribution is 5.26. The SMILES string of the molecule is CCc1ccc(C(NN)C2CN(CC)CCO2)cc1. The second kappa shape index (κ2) is 7.01. The summed E-state index contributed by atoms with van der Waals surface area (Å²) in [6.07, 6.45) is 1.18. The van der Waals surface area contributed by atoms with Crippen LogP contribution in [-0.4, -0.2) is 37.2 Å². The summed E-state index contributed by atoms with van der Waals surface area (Å²) < 4.78 is 5.89. The van der Waals surface area contributed by atoms with Crippen molar-refractivity contribution in [2.45, 2.75) is 32.4 Å². The van der Waals surface area contributed by atoms with Gasteiger partial charge in [-0.05, 0) is 24.1 Å². The normalized spacial score (nSPS) is 22.4. The quantitative estimate of drug-likeness (QED) is 0.624. The number of nitrogens with one attached hydrogen (secondary N) is 1. The molecule has 2 rings (SSSR count). The first kappa shape index (κ1) is 14.5. The lowest BCUT2D eigenvalue weighted by atomic mass is 9.99. The topological polar surface area (TPSA) is 50.5 Å². The van der Waals surface area contributed by atoms with Gasteiger partial charge in [0.15, 0.2) is 0 Å². The minimum atomic E-state index is 0.0558. The highest BCUT2D eigenvalue weighted by atomic mass is 16.5. The van der Waals surface area contributed by atoms with Crippen molar-refractivity contribution in [1.82, 2.24) is 10.3 Å². The number of benzene rings is 1. The van der Waals surface area contributed by atoms with Crippen molar-refractivity contribution >= 4 is 0 Å². The maximum Gasteiger partial charge on any atom is 0.0909 e. The van der Waals surface area contributed by atoms with Gasteiger partial charge in [-0.1, -0.05) is 38.1 Å². The molecule has 1 aliphatic rings. The molecule has 19 heavy (non-hydrogen) atoms. The lowest BCUT2D eigenvalue weighted by Crippen LogP contribution is -2.49. The molecule has 0 amide bonds. The van der Waals surface area contributed by atoms with Gasteiger partial charge in [-0.2, -0.15) is 0 Å². The third-order valence-electron chi connectivity index (χ3n) is 3.92. The van der Waals surface area contributed by atoms with Crippen molar-refractivity contribution in [2.75, 3.05) is 26.2 Å². The Hall–Kier alpha value is -0.940. The number of morpholine rings is 1. The van der Waals surface area contributed by atoms with Gasteiger partial charge in [0.25, 0.3) is 0 Å². The standard InChI is InChI=1S/C15H25N3O/c1-3-12-5-7-13(8-6-12)15(17-16)14-11-18(4-2)9-10-19-14/h5-8,14-15,17H,3-4,9-11,16H2,1-2H3. The molecule has 1 aromatic carbocycles. The summed E-state index contributed by atoms with van der Waals surface area (Å²) in [5.74, 6) is 5.74. The molecule has 1 aromatic rings. The zero-order chi connectivity index (χ0) is 13.7. The monoisotopic (exact) mass is 263 g/mol. The van der Waals surface area contributed by atoms with E-state index >= 15 is 0 Å². The van der Waals surface area contributed by atoms with Crippen molar-refractivity contribution in [1.29, 1.82) is 0 Å². The molecule has 1 heterocycles. The Morgan fingerprint density at radius 3 is 2.68 bits per heavy atom. The number of hydrogen-bond acceptors (Lipinski definition) is 4. The van der Waals surface area contributed by atoms with Crippen LogP contribution in [0.4, 0.5) is 0 Å². The van der Waals surface area contributed by atoms with Crippen LogP contribution >= 0.6 is 0 Å². The molecule has 0 aliphatic carbocycles. The molecule has 106 valence electrons. The van der Waals surface area contributed by atoms with Gasteiger partial charge in [-0.15, -0.1) is 0 Å². The summed E-state index contributed by atoms with van der Waals surface area (Å²) >= 11 is 0. The van der Waals surface area contributed by atoms with Crippen molar-refractivity contribution < 1.29 is 4.74 Å². The first-order valence-electron chi connectivity index (χ1n) is 7.17.